The summed E-state index contributed by atoms with van der Waals surface area (Å²) in [6.45, 7) is 0. The highest BCUT2D eigenvalue weighted by molar-refractivity contribution is 5.23. The van der Waals surface area contributed by atoms with Gasteiger partial charge < -0.3 is 8.83 Å². The Morgan fingerprint density at radius 3 is 1.82 bits per heavy atom. The minimum atomic E-state index is 0.806. The molecule has 11 heavy (non-hydrogen) atoms. The zero-order valence-electron chi connectivity index (χ0n) is 5.86. The average Bonchev–Trinajstić information content (AvgIpc) is 2.60. The molecule has 2 aromatic heterocycles. The molecule has 0 spiro atoms. The van der Waals surface area contributed by atoms with Gasteiger partial charge in [-0.05, 0) is 24.3 Å². The van der Waals surface area contributed by atoms with Crippen LogP contribution in [0.4, 0.5) is 0 Å². The molecular weight excluding hydrogens is 140 g/mol. The van der Waals surface area contributed by atoms with Gasteiger partial charge in [-0.2, -0.15) is 0 Å². The van der Waals surface area contributed by atoms with Crippen LogP contribution in [-0.2, 0) is 0 Å². The Labute approximate surface area is 64.4 Å². The topological polar surface area (TPSA) is 26.3 Å². The molecule has 2 rings (SSSR count). The summed E-state index contributed by atoms with van der Waals surface area (Å²) in [4.78, 5) is 0. The van der Waals surface area contributed by atoms with Crippen molar-refractivity contribution < 1.29 is 8.83 Å². The van der Waals surface area contributed by atoms with Crippen molar-refractivity contribution in [2.45, 2.75) is 0 Å². The molecule has 0 atom stereocenters. The Morgan fingerprint density at radius 1 is 0.909 bits per heavy atom. The number of hydrogen-bond acceptors (Lipinski definition) is 2. The first-order valence-electron chi connectivity index (χ1n) is 3.37. The monoisotopic (exact) mass is 147 g/mol. The number of rotatable bonds is 2. The van der Waals surface area contributed by atoms with E-state index in [1.807, 2.05) is 30.7 Å². The van der Waals surface area contributed by atoms with Crippen LogP contribution in [-0.4, -0.2) is 0 Å². The van der Waals surface area contributed by atoms with Crippen LogP contribution in [0.3, 0.4) is 0 Å². The first-order valence-corrected chi connectivity index (χ1v) is 3.37. The first-order chi connectivity index (χ1) is 5.45. The molecule has 0 aliphatic rings. The fourth-order valence-electron chi connectivity index (χ4n) is 0.887. The minimum Gasteiger partial charge on any atom is -0.469 e. The summed E-state index contributed by atoms with van der Waals surface area (Å²) in [6.07, 6.45) is 5.10. The van der Waals surface area contributed by atoms with Gasteiger partial charge in [0.1, 0.15) is 11.5 Å². The molecule has 0 saturated heterocycles. The molecule has 0 aromatic carbocycles. The largest absolute Gasteiger partial charge is 0.469 e. The minimum absolute atomic E-state index is 0.806. The third-order valence-corrected chi connectivity index (χ3v) is 1.37. The van der Waals surface area contributed by atoms with E-state index >= 15 is 0 Å². The second-order valence-corrected chi connectivity index (χ2v) is 2.18. The summed E-state index contributed by atoms with van der Waals surface area (Å²) in [5.74, 6) is 1.61. The molecular formula is C9H7O2. The first kappa shape index (κ1) is 6.28. The standard InChI is InChI=1S/C9H7O2/c1-3-8(10-5-1)7-9-4-2-6-11-9/h1-7H. The molecule has 0 N–H and O–H groups in total. The third kappa shape index (κ3) is 1.34. The molecule has 0 saturated carbocycles. The van der Waals surface area contributed by atoms with Crippen LogP contribution in [0, 0.1) is 6.42 Å². The van der Waals surface area contributed by atoms with Crippen molar-refractivity contribution in [1.82, 2.24) is 0 Å². The van der Waals surface area contributed by atoms with E-state index in [1.165, 1.54) is 0 Å². The zero-order chi connectivity index (χ0) is 7.52. The lowest BCUT2D eigenvalue weighted by molar-refractivity contribution is 0.510. The molecule has 1 radical (unpaired) electrons. The molecule has 0 aliphatic carbocycles. The Kier molecular flexibility index (Phi) is 1.52. The molecule has 55 valence electrons. The lowest BCUT2D eigenvalue weighted by atomic mass is 10.3. The Morgan fingerprint density at radius 2 is 1.45 bits per heavy atom. The van der Waals surface area contributed by atoms with Crippen molar-refractivity contribution in [3.63, 3.8) is 0 Å². The van der Waals surface area contributed by atoms with Gasteiger partial charge in [-0.1, -0.05) is 0 Å². The predicted octanol–water partition coefficient (Wildman–Crippen LogP) is 2.47. The van der Waals surface area contributed by atoms with Crippen molar-refractivity contribution in [3.05, 3.63) is 54.7 Å². The Bertz CT molecular complexity index is 260. The van der Waals surface area contributed by atoms with Gasteiger partial charge in [0.25, 0.3) is 0 Å². The SMILES string of the molecule is [CH](c1ccco1)c1ccco1. The van der Waals surface area contributed by atoms with Gasteiger partial charge in [-0.15, -0.1) is 0 Å². The maximum atomic E-state index is 5.09. The summed E-state index contributed by atoms with van der Waals surface area (Å²) >= 11 is 0. The Hall–Kier alpha value is -1.44. The van der Waals surface area contributed by atoms with Crippen LogP contribution in [0.25, 0.3) is 0 Å². The molecule has 2 aromatic rings. The van der Waals surface area contributed by atoms with Gasteiger partial charge in [0.15, 0.2) is 0 Å². The van der Waals surface area contributed by atoms with Crippen LogP contribution >= 0.6 is 0 Å². The van der Waals surface area contributed by atoms with E-state index in [4.69, 9.17) is 8.83 Å². The second kappa shape index (κ2) is 2.66. The highest BCUT2D eigenvalue weighted by atomic mass is 16.3. The predicted molar refractivity (Wildman–Crippen MR) is 39.9 cm³/mol. The maximum absolute atomic E-state index is 5.09. The molecule has 0 bridgehead atoms. The van der Waals surface area contributed by atoms with E-state index in [0.717, 1.165) is 11.5 Å². The van der Waals surface area contributed by atoms with Crippen molar-refractivity contribution in [1.29, 1.82) is 0 Å². The maximum Gasteiger partial charge on any atom is 0.115 e. The van der Waals surface area contributed by atoms with E-state index in [9.17, 15) is 0 Å². The second-order valence-electron chi connectivity index (χ2n) is 2.18. The summed E-state index contributed by atoms with van der Waals surface area (Å²) < 4.78 is 10.2. The van der Waals surface area contributed by atoms with Crippen molar-refractivity contribution >= 4 is 0 Å². The van der Waals surface area contributed by atoms with Crippen molar-refractivity contribution in [3.8, 4) is 0 Å². The molecule has 2 heterocycles. The van der Waals surface area contributed by atoms with Gasteiger partial charge >= 0.3 is 0 Å². The fraction of sp³-hybridized carbons (Fsp3) is 0. The normalized spacial score (nSPS) is 10.2. The van der Waals surface area contributed by atoms with Crippen LogP contribution in [0.5, 0.6) is 0 Å². The highest BCUT2D eigenvalue weighted by Gasteiger charge is 2.00. The third-order valence-electron chi connectivity index (χ3n) is 1.37. The van der Waals surface area contributed by atoms with Crippen LogP contribution in [0.15, 0.2) is 45.6 Å². The van der Waals surface area contributed by atoms with Gasteiger partial charge in [0.2, 0.25) is 0 Å². The molecule has 2 heteroatoms. The van der Waals surface area contributed by atoms with Crippen LogP contribution < -0.4 is 0 Å². The highest BCUT2D eigenvalue weighted by Crippen LogP contribution is 2.11. The molecule has 2 nitrogen and oxygen atoms in total. The van der Waals surface area contributed by atoms with E-state index < -0.39 is 0 Å². The van der Waals surface area contributed by atoms with Crippen molar-refractivity contribution in [2.75, 3.05) is 0 Å². The summed E-state index contributed by atoms with van der Waals surface area (Å²) in [6, 6.07) is 7.44. The molecule has 0 unspecified atom stereocenters. The van der Waals surface area contributed by atoms with E-state index in [2.05, 4.69) is 0 Å². The van der Waals surface area contributed by atoms with E-state index in [1.54, 1.807) is 12.5 Å². The Balaban J connectivity index is 2.14. The summed E-state index contributed by atoms with van der Waals surface area (Å²) in [5.41, 5.74) is 0. The van der Waals surface area contributed by atoms with E-state index in [0.29, 0.717) is 0 Å². The number of hydrogen-bond donors (Lipinski definition) is 0. The van der Waals surface area contributed by atoms with Crippen molar-refractivity contribution in [2.24, 2.45) is 0 Å². The average molecular weight is 147 g/mol. The van der Waals surface area contributed by atoms with Crippen LogP contribution in [0.1, 0.15) is 11.5 Å². The number of furan rings is 2. The lowest BCUT2D eigenvalue weighted by Gasteiger charge is -1.88. The van der Waals surface area contributed by atoms with Gasteiger partial charge in [-0.3, -0.25) is 0 Å². The summed E-state index contributed by atoms with van der Waals surface area (Å²) in [5, 5.41) is 0. The molecule has 0 amide bonds. The van der Waals surface area contributed by atoms with Gasteiger partial charge in [0, 0.05) is 0 Å². The van der Waals surface area contributed by atoms with E-state index in [-0.39, 0.29) is 0 Å². The molecule has 0 aliphatic heterocycles. The zero-order valence-corrected chi connectivity index (χ0v) is 5.86. The smallest absolute Gasteiger partial charge is 0.115 e. The fourth-order valence-corrected chi connectivity index (χ4v) is 0.887. The van der Waals surface area contributed by atoms with Gasteiger partial charge in [0.05, 0.1) is 18.9 Å². The lowest BCUT2D eigenvalue weighted by Crippen LogP contribution is -1.75. The summed E-state index contributed by atoms with van der Waals surface area (Å²) in [7, 11) is 0. The molecule has 0 fully saturated rings. The quantitative estimate of drug-likeness (QED) is 0.652. The van der Waals surface area contributed by atoms with Crippen LogP contribution in [0.2, 0.25) is 0 Å². The van der Waals surface area contributed by atoms with Gasteiger partial charge in [-0.25, -0.2) is 0 Å².